The summed E-state index contributed by atoms with van der Waals surface area (Å²) in [6.45, 7) is 1.61. The molecule has 0 atom stereocenters. The fraction of sp³-hybridized carbons (Fsp3) is 0.133. The Kier molecular flexibility index (Phi) is 3.92. The molecule has 124 valence electrons. The average Bonchev–Trinajstić information content (AvgIpc) is 2.92. The first-order valence-electron chi connectivity index (χ1n) is 6.79. The van der Waals surface area contributed by atoms with E-state index in [1.54, 1.807) is 31.2 Å². The molecule has 0 saturated carbocycles. The summed E-state index contributed by atoms with van der Waals surface area (Å²) >= 11 is 5.80. The van der Waals surface area contributed by atoms with Gasteiger partial charge in [0.15, 0.2) is 11.5 Å². The van der Waals surface area contributed by atoms with Gasteiger partial charge in [-0.3, -0.25) is 0 Å². The summed E-state index contributed by atoms with van der Waals surface area (Å²) < 4.78 is 40.8. The molecule has 0 aliphatic heterocycles. The van der Waals surface area contributed by atoms with Crippen molar-refractivity contribution in [1.29, 1.82) is 0 Å². The van der Waals surface area contributed by atoms with Gasteiger partial charge in [0.25, 0.3) is 0 Å². The number of hydrogen-bond donors (Lipinski definition) is 1. The van der Waals surface area contributed by atoms with E-state index in [1.807, 2.05) is 0 Å². The number of halogens is 4. The van der Waals surface area contributed by atoms with Gasteiger partial charge in [0.1, 0.15) is 0 Å². The number of aromatic nitrogens is 4. The van der Waals surface area contributed by atoms with Gasteiger partial charge in [0.2, 0.25) is 5.95 Å². The molecule has 0 radical (unpaired) electrons. The van der Waals surface area contributed by atoms with E-state index in [2.05, 4.69) is 15.1 Å². The van der Waals surface area contributed by atoms with Gasteiger partial charge < -0.3 is 5.73 Å². The molecule has 0 fully saturated rings. The van der Waals surface area contributed by atoms with Gasteiger partial charge >= 0.3 is 6.18 Å². The molecule has 5 nitrogen and oxygen atoms in total. The van der Waals surface area contributed by atoms with E-state index in [0.29, 0.717) is 16.3 Å². The van der Waals surface area contributed by atoms with E-state index >= 15 is 0 Å². The highest BCUT2D eigenvalue weighted by Crippen LogP contribution is 2.34. The first-order chi connectivity index (χ1) is 11.2. The zero-order valence-corrected chi connectivity index (χ0v) is 13.1. The minimum Gasteiger partial charge on any atom is -0.368 e. The van der Waals surface area contributed by atoms with Gasteiger partial charge in [-0.1, -0.05) is 23.7 Å². The third kappa shape index (κ3) is 3.18. The lowest BCUT2D eigenvalue weighted by atomic mass is 10.1. The molecular formula is C15H11ClF3N5. The van der Waals surface area contributed by atoms with Crippen molar-refractivity contribution in [1.82, 2.24) is 19.7 Å². The van der Waals surface area contributed by atoms with Gasteiger partial charge in [0.05, 0.1) is 5.69 Å². The van der Waals surface area contributed by atoms with E-state index in [4.69, 9.17) is 17.3 Å². The molecule has 0 unspecified atom stereocenters. The molecule has 9 heteroatoms. The molecule has 2 heterocycles. The van der Waals surface area contributed by atoms with Crippen LogP contribution in [0.4, 0.5) is 19.1 Å². The standard InChI is InChI=1S/C15H11ClF3N5/c1-8-6-13(22-14(20)21-8)24-12(15(17,18)19)7-11(23-24)9-2-4-10(16)5-3-9/h2-7H,1H3,(H2,20,21,22). The molecule has 1 aromatic carbocycles. The van der Waals surface area contributed by atoms with E-state index in [1.165, 1.54) is 6.07 Å². The normalized spacial score (nSPS) is 11.7. The van der Waals surface area contributed by atoms with Crippen LogP contribution >= 0.6 is 11.6 Å². The van der Waals surface area contributed by atoms with Crippen molar-refractivity contribution in [3.63, 3.8) is 0 Å². The molecule has 0 bridgehead atoms. The molecule has 2 N–H and O–H groups in total. The highest BCUT2D eigenvalue weighted by Gasteiger charge is 2.37. The number of rotatable bonds is 2. The van der Waals surface area contributed by atoms with Crippen LogP contribution in [0.5, 0.6) is 0 Å². The van der Waals surface area contributed by atoms with Crippen molar-refractivity contribution in [2.75, 3.05) is 5.73 Å². The van der Waals surface area contributed by atoms with Crippen molar-refractivity contribution in [2.24, 2.45) is 0 Å². The molecular weight excluding hydrogens is 343 g/mol. The van der Waals surface area contributed by atoms with Crippen molar-refractivity contribution in [3.05, 3.63) is 52.8 Å². The highest BCUT2D eigenvalue weighted by molar-refractivity contribution is 6.30. The summed E-state index contributed by atoms with van der Waals surface area (Å²) in [5.74, 6) is -0.172. The van der Waals surface area contributed by atoms with E-state index < -0.39 is 11.9 Å². The monoisotopic (exact) mass is 353 g/mol. The third-order valence-corrected chi connectivity index (χ3v) is 3.47. The molecule has 0 aliphatic rings. The number of alkyl halides is 3. The molecule has 3 aromatic rings. The number of anilines is 1. The highest BCUT2D eigenvalue weighted by atomic mass is 35.5. The Morgan fingerprint density at radius 2 is 1.75 bits per heavy atom. The predicted octanol–water partition coefficient (Wildman–Crippen LogP) is 3.89. The summed E-state index contributed by atoms with van der Waals surface area (Å²) in [6, 6.07) is 8.68. The van der Waals surface area contributed by atoms with Crippen LogP contribution in [0.2, 0.25) is 5.02 Å². The Balaban J connectivity index is 2.19. The Morgan fingerprint density at radius 1 is 1.08 bits per heavy atom. The van der Waals surface area contributed by atoms with E-state index in [-0.39, 0.29) is 17.5 Å². The molecule has 0 aliphatic carbocycles. The molecule has 0 saturated heterocycles. The van der Waals surface area contributed by atoms with Crippen LogP contribution in [0.3, 0.4) is 0 Å². The van der Waals surface area contributed by atoms with Crippen LogP contribution in [-0.2, 0) is 6.18 Å². The third-order valence-electron chi connectivity index (χ3n) is 3.21. The maximum Gasteiger partial charge on any atom is 0.433 e. The number of nitrogens with two attached hydrogens (primary N) is 1. The number of aryl methyl sites for hydroxylation is 1. The Bertz CT molecular complexity index is 867. The minimum absolute atomic E-state index is 0.0486. The molecule has 3 rings (SSSR count). The van der Waals surface area contributed by atoms with Crippen LogP contribution in [0.25, 0.3) is 17.1 Å². The summed E-state index contributed by atoms with van der Waals surface area (Å²) in [4.78, 5) is 7.70. The largest absolute Gasteiger partial charge is 0.433 e. The Morgan fingerprint density at radius 3 is 2.33 bits per heavy atom. The van der Waals surface area contributed by atoms with Gasteiger partial charge in [-0.15, -0.1) is 0 Å². The zero-order chi connectivity index (χ0) is 17.5. The first kappa shape index (κ1) is 16.3. The maximum atomic E-state index is 13.4. The average molecular weight is 354 g/mol. The quantitative estimate of drug-likeness (QED) is 0.758. The van der Waals surface area contributed by atoms with Crippen LogP contribution in [-0.4, -0.2) is 19.7 Å². The van der Waals surface area contributed by atoms with E-state index in [9.17, 15) is 13.2 Å². The lowest BCUT2D eigenvalue weighted by Crippen LogP contribution is -2.15. The van der Waals surface area contributed by atoms with Gasteiger partial charge in [-0.25, -0.2) is 9.67 Å². The van der Waals surface area contributed by atoms with Crippen molar-refractivity contribution >= 4 is 17.5 Å². The number of hydrogen-bond acceptors (Lipinski definition) is 4. The minimum atomic E-state index is -4.61. The zero-order valence-electron chi connectivity index (χ0n) is 12.3. The molecule has 0 amide bonds. The summed E-state index contributed by atoms with van der Waals surface area (Å²) in [7, 11) is 0. The lowest BCUT2D eigenvalue weighted by Gasteiger charge is -2.10. The SMILES string of the molecule is Cc1cc(-n2nc(-c3ccc(Cl)cc3)cc2C(F)(F)F)nc(N)n1. The Hall–Kier alpha value is -2.61. The van der Waals surface area contributed by atoms with Gasteiger partial charge in [0, 0.05) is 22.3 Å². The van der Waals surface area contributed by atoms with Crippen molar-refractivity contribution < 1.29 is 13.2 Å². The summed E-state index contributed by atoms with van der Waals surface area (Å²) in [6.07, 6.45) is -4.61. The second-order valence-corrected chi connectivity index (χ2v) is 5.49. The smallest absolute Gasteiger partial charge is 0.368 e. The second-order valence-electron chi connectivity index (χ2n) is 5.06. The second kappa shape index (κ2) is 5.79. The predicted molar refractivity (Wildman–Crippen MR) is 83.8 cm³/mol. The fourth-order valence-electron chi connectivity index (χ4n) is 2.20. The fourth-order valence-corrected chi connectivity index (χ4v) is 2.33. The van der Waals surface area contributed by atoms with Crippen LogP contribution < -0.4 is 5.73 Å². The number of nitrogens with zero attached hydrogens (tertiary/aromatic N) is 4. The van der Waals surface area contributed by atoms with Crippen LogP contribution in [0.1, 0.15) is 11.4 Å². The maximum absolute atomic E-state index is 13.4. The molecule has 24 heavy (non-hydrogen) atoms. The van der Waals surface area contributed by atoms with Crippen LogP contribution in [0.15, 0.2) is 36.4 Å². The molecule has 2 aromatic heterocycles. The summed E-state index contributed by atoms with van der Waals surface area (Å²) in [5, 5.41) is 4.52. The van der Waals surface area contributed by atoms with Crippen molar-refractivity contribution in [2.45, 2.75) is 13.1 Å². The summed E-state index contributed by atoms with van der Waals surface area (Å²) in [5.41, 5.74) is 5.67. The van der Waals surface area contributed by atoms with Crippen LogP contribution in [0, 0.1) is 6.92 Å². The van der Waals surface area contributed by atoms with Gasteiger partial charge in [-0.2, -0.15) is 23.3 Å². The van der Waals surface area contributed by atoms with Crippen molar-refractivity contribution in [3.8, 4) is 17.1 Å². The molecule has 0 spiro atoms. The lowest BCUT2D eigenvalue weighted by molar-refractivity contribution is -0.142. The Labute approximate surface area is 139 Å². The number of benzene rings is 1. The topological polar surface area (TPSA) is 69.6 Å². The number of nitrogen functional groups attached to an aromatic ring is 1. The first-order valence-corrected chi connectivity index (χ1v) is 7.16. The van der Waals surface area contributed by atoms with Gasteiger partial charge in [-0.05, 0) is 25.1 Å². The van der Waals surface area contributed by atoms with E-state index in [0.717, 1.165) is 10.7 Å².